The normalized spacial score (nSPS) is 34.7. The molecule has 0 amide bonds. The van der Waals surface area contributed by atoms with E-state index in [1.54, 1.807) is 0 Å². The van der Waals surface area contributed by atoms with E-state index in [0.29, 0.717) is 5.92 Å². The predicted octanol–water partition coefficient (Wildman–Crippen LogP) is 2.11. The summed E-state index contributed by atoms with van der Waals surface area (Å²) in [5.74, 6) is 0.400. The van der Waals surface area contributed by atoms with Crippen LogP contribution in [0.1, 0.15) is 48.5 Å². The lowest BCUT2D eigenvalue weighted by Gasteiger charge is -2.28. The van der Waals surface area contributed by atoms with Gasteiger partial charge in [-0.3, -0.25) is 0 Å². The topological polar surface area (TPSA) is 36.9 Å². The third-order valence-electron chi connectivity index (χ3n) is 3.95. The van der Waals surface area contributed by atoms with Gasteiger partial charge in [0, 0.05) is 0 Å². The van der Waals surface area contributed by atoms with Crippen molar-refractivity contribution >= 4 is 14.0 Å². The predicted molar refractivity (Wildman–Crippen MR) is 72.1 cm³/mol. The van der Waals surface area contributed by atoms with Crippen LogP contribution in [0.3, 0.4) is 0 Å². The van der Waals surface area contributed by atoms with Gasteiger partial charge < -0.3 is 18.6 Å². The van der Waals surface area contributed by atoms with Crippen molar-refractivity contribution in [2.24, 2.45) is 5.92 Å². The fraction of sp³-hybridized carbons (Fsp3) is 1.00. The summed E-state index contributed by atoms with van der Waals surface area (Å²) in [5.41, 5.74) is -0.598. The summed E-state index contributed by atoms with van der Waals surface area (Å²) in [5, 5.41) is 0. The van der Waals surface area contributed by atoms with Gasteiger partial charge in [0.05, 0.1) is 23.4 Å². The van der Waals surface area contributed by atoms with Gasteiger partial charge >= 0.3 is 14.0 Å². The average Bonchev–Trinajstić information content (AvgIpc) is 2.64. The van der Waals surface area contributed by atoms with Crippen LogP contribution >= 0.6 is 0 Å². The molecule has 2 rings (SSSR count). The van der Waals surface area contributed by atoms with Crippen molar-refractivity contribution in [3.05, 3.63) is 0 Å². The highest BCUT2D eigenvalue weighted by molar-refractivity contribution is 7.11. The minimum absolute atomic E-state index is 0.0379. The van der Waals surface area contributed by atoms with Crippen LogP contribution in [0.4, 0.5) is 0 Å². The fourth-order valence-electron chi connectivity index (χ4n) is 2.69. The van der Waals surface area contributed by atoms with Crippen LogP contribution in [-0.4, -0.2) is 37.4 Å². The fourth-order valence-corrected chi connectivity index (χ4v) is 2.69. The molecule has 2 heterocycles. The van der Waals surface area contributed by atoms with Gasteiger partial charge in [-0.1, -0.05) is 13.8 Å². The Balaban J connectivity index is 2.05. The van der Waals surface area contributed by atoms with Crippen molar-refractivity contribution in [1.29, 1.82) is 0 Å². The average molecular weight is 254 g/mol. The van der Waals surface area contributed by atoms with Gasteiger partial charge in [0.1, 0.15) is 0 Å². The molecule has 0 bridgehead atoms. The zero-order chi connectivity index (χ0) is 13.7. The Kier molecular flexibility index (Phi) is 3.60. The van der Waals surface area contributed by atoms with Gasteiger partial charge in [0.25, 0.3) is 0 Å². The lowest BCUT2D eigenvalue weighted by Crippen LogP contribution is -2.41. The highest BCUT2D eigenvalue weighted by Crippen LogP contribution is 2.36. The van der Waals surface area contributed by atoms with Crippen LogP contribution < -0.4 is 0 Å². The first-order chi connectivity index (χ1) is 8.13. The molecule has 0 aromatic rings. The smallest absolute Gasteiger partial charge is 0.408 e. The van der Waals surface area contributed by atoms with E-state index in [9.17, 15) is 0 Å². The van der Waals surface area contributed by atoms with Gasteiger partial charge in [0.2, 0.25) is 0 Å². The molecule has 0 aliphatic carbocycles. The van der Waals surface area contributed by atoms with Gasteiger partial charge in [-0.15, -0.1) is 0 Å². The van der Waals surface area contributed by atoms with E-state index in [0.717, 1.165) is 0 Å². The molecule has 2 saturated heterocycles. The Hall–Kier alpha value is -0.0301. The van der Waals surface area contributed by atoms with Crippen LogP contribution in [0.2, 0.25) is 0 Å². The lowest BCUT2D eigenvalue weighted by atomic mass is 9.49. The molecule has 102 valence electrons. The van der Waals surface area contributed by atoms with Crippen molar-refractivity contribution in [3.63, 3.8) is 0 Å². The first-order valence-corrected chi connectivity index (χ1v) is 6.80. The van der Waals surface area contributed by atoms with Crippen LogP contribution in [0, 0.1) is 5.92 Å². The molecular weight excluding hydrogens is 230 g/mol. The van der Waals surface area contributed by atoms with Crippen molar-refractivity contribution in [2.45, 2.75) is 71.9 Å². The van der Waals surface area contributed by atoms with E-state index in [2.05, 4.69) is 27.7 Å². The van der Waals surface area contributed by atoms with E-state index >= 15 is 0 Å². The van der Waals surface area contributed by atoms with Crippen LogP contribution in [0.25, 0.3) is 0 Å². The quantitative estimate of drug-likeness (QED) is 0.707. The zero-order valence-corrected chi connectivity index (χ0v) is 12.5. The Bertz CT molecular complexity index is 319. The molecule has 18 heavy (non-hydrogen) atoms. The van der Waals surface area contributed by atoms with Crippen molar-refractivity contribution < 1.29 is 18.6 Å². The van der Waals surface area contributed by atoms with E-state index < -0.39 is 14.0 Å². The second-order valence-corrected chi connectivity index (χ2v) is 6.76. The molecule has 2 atom stereocenters. The minimum Gasteiger partial charge on any atom is -0.408 e. The largest absolute Gasteiger partial charge is 0.488 e. The Labute approximate surface area is 111 Å². The molecule has 2 aliphatic heterocycles. The first-order valence-electron chi connectivity index (χ1n) is 6.80. The molecular formula is C12H24B2O4. The molecule has 0 N–H and O–H groups in total. The molecule has 6 heteroatoms. The second-order valence-electron chi connectivity index (χ2n) is 6.76. The maximum absolute atomic E-state index is 5.99. The number of hydrogen-bond acceptors (Lipinski definition) is 4. The maximum Gasteiger partial charge on any atom is 0.488 e. The van der Waals surface area contributed by atoms with Gasteiger partial charge in [-0.2, -0.15) is 0 Å². The van der Waals surface area contributed by atoms with Gasteiger partial charge in [-0.05, 0) is 40.5 Å². The monoisotopic (exact) mass is 254 g/mol. The van der Waals surface area contributed by atoms with Crippen LogP contribution in [0.15, 0.2) is 0 Å². The van der Waals surface area contributed by atoms with Crippen molar-refractivity contribution in [2.75, 3.05) is 0 Å². The summed E-state index contributed by atoms with van der Waals surface area (Å²) in [7, 11) is -0.866. The summed E-state index contributed by atoms with van der Waals surface area (Å²) in [6.45, 7) is 14.5. The Morgan fingerprint density at radius 3 is 1.78 bits per heavy atom. The minimum atomic E-state index is -0.434. The number of rotatable bonds is 2. The van der Waals surface area contributed by atoms with Crippen LogP contribution in [0.5, 0.6) is 0 Å². The summed E-state index contributed by atoms with van der Waals surface area (Å²) in [4.78, 5) is 0. The van der Waals surface area contributed by atoms with Crippen molar-refractivity contribution in [3.8, 4) is 0 Å². The van der Waals surface area contributed by atoms with E-state index in [4.69, 9.17) is 18.6 Å². The molecule has 0 saturated carbocycles. The molecule has 0 aromatic carbocycles. The Morgan fingerprint density at radius 2 is 1.39 bits per heavy atom. The Morgan fingerprint density at radius 1 is 0.889 bits per heavy atom. The SMILES string of the molecule is CC(C)C1OB(B2OC(C)C(C)(C)O2)OC1(C)C. The molecule has 0 spiro atoms. The van der Waals surface area contributed by atoms with Gasteiger partial charge in [0.15, 0.2) is 0 Å². The number of hydrogen-bond donors (Lipinski definition) is 0. The molecule has 0 radical (unpaired) electrons. The standard InChI is InChI=1S/C12H24B2O4/c1-8(2)10-12(6,7)18-14(16-10)13-15-9(3)11(4,5)17-13/h8-10H,1-7H3. The van der Waals surface area contributed by atoms with Gasteiger partial charge in [-0.25, -0.2) is 0 Å². The maximum atomic E-state index is 5.99. The summed E-state index contributed by atoms with van der Waals surface area (Å²) in [6.07, 6.45) is 0.102. The summed E-state index contributed by atoms with van der Waals surface area (Å²) in [6, 6.07) is 0. The highest BCUT2D eigenvalue weighted by Gasteiger charge is 2.59. The third kappa shape index (κ3) is 2.48. The molecule has 2 unspecified atom stereocenters. The molecule has 2 aliphatic rings. The summed E-state index contributed by atoms with van der Waals surface area (Å²) >= 11 is 0. The van der Waals surface area contributed by atoms with Crippen LogP contribution in [-0.2, 0) is 18.6 Å². The third-order valence-corrected chi connectivity index (χ3v) is 3.95. The first kappa shape index (κ1) is 14.4. The second kappa shape index (κ2) is 4.51. The molecule has 0 aromatic heterocycles. The highest BCUT2D eigenvalue weighted by atomic mass is 16.7. The van der Waals surface area contributed by atoms with E-state index in [1.165, 1.54) is 0 Å². The summed E-state index contributed by atoms with van der Waals surface area (Å²) < 4.78 is 23.7. The zero-order valence-electron chi connectivity index (χ0n) is 12.5. The van der Waals surface area contributed by atoms with Crippen molar-refractivity contribution in [1.82, 2.24) is 0 Å². The molecule has 4 nitrogen and oxygen atoms in total. The molecule has 2 fully saturated rings. The van der Waals surface area contributed by atoms with E-state index in [-0.39, 0.29) is 23.4 Å². The lowest BCUT2D eigenvalue weighted by molar-refractivity contribution is 0.0438. The van der Waals surface area contributed by atoms with E-state index in [1.807, 2.05) is 20.8 Å².